The monoisotopic (exact) mass is 146 g/mol. The van der Waals surface area contributed by atoms with Crippen LogP contribution in [0.3, 0.4) is 0 Å². The van der Waals surface area contributed by atoms with E-state index in [0.717, 1.165) is 49.0 Å². The fraction of sp³-hybridized carbons (Fsp3) is 0.667. The van der Waals surface area contributed by atoms with E-state index >= 15 is 0 Å². The molecule has 2 N–H and O–H groups in total. The van der Waals surface area contributed by atoms with Crippen LogP contribution in [0.1, 0.15) is 6.92 Å². The van der Waals surface area contributed by atoms with Crippen LogP contribution in [0, 0.1) is 0 Å². The van der Waals surface area contributed by atoms with Crippen LogP contribution in [0.4, 0.5) is 0 Å². The van der Waals surface area contributed by atoms with E-state index in [1.54, 1.807) is 0 Å². The standard InChI is InChI=1S/C2H5.CH2O2S.K/c1-2;2-1(3)4;/h1H2,2H3;(H2,2,3,4);. The van der Waals surface area contributed by atoms with Gasteiger partial charge < -0.3 is 10.2 Å². The predicted octanol–water partition coefficient (Wildman–Crippen LogP) is 0.980. The zero-order valence-electron chi connectivity index (χ0n) is 4.51. The second-order valence-corrected chi connectivity index (χ2v) is 3.56. The van der Waals surface area contributed by atoms with E-state index in [0.29, 0.717) is 0 Å². The Hall–Kier alpha value is 1.33. The molecule has 0 amide bonds. The molecule has 0 aromatic carbocycles. The fourth-order valence-corrected chi connectivity index (χ4v) is 0. The zero-order chi connectivity index (χ0) is 6.28. The summed E-state index contributed by atoms with van der Waals surface area (Å²) in [6.07, 6.45) is 0. The Bertz CT molecular complexity index is 44.2. The van der Waals surface area contributed by atoms with E-state index in [-0.39, 0.29) is 0 Å². The summed E-state index contributed by atoms with van der Waals surface area (Å²) in [7, 11) is 0. The quantitative estimate of drug-likeness (QED) is 0.395. The number of aliphatic hydroxyl groups is 2. The van der Waals surface area contributed by atoms with Crippen LogP contribution in [0.2, 0.25) is 0.515 Å². The average molecular weight is 146 g/mol. The van der Waals surface area contributed by atoms with E-state index in [1.165, 1.54) is 0.515 Å². The van der Waals surface area contributed by atoms with Gasteiger partial charge in [0.15, 0.2) is 0 Å². The predicted molar refractivity (Wildman–Crippen MR) is 34.1 cm³/mol. The zero-order valence-corrected chi connectivity index (χ0v) is 8.45. The molecule has 0 unspecified atom stereocenters. The van der Waals surface area contributed by atoms with Gasteiger partial charge in [-0.2, -0.15) is 0 Å². The Labute approximate surface area is 82.5 Å². The Kier molecular flexibility index (Phi) is 16.5. The third kappa shape index (κ3) is 118. The van der Waals surface area contributed by atoms with Gasteiger partial charge in [-0.15, -0.1) is 0 Å². The largest absolute Gasteiger partial charge is 0.473 e. The van der Waals surface area contributed by atoms with Crippen LogP contribution in [0.25, 0.3) is 0 Å². The second-order valence-electron chi connectivity index (χ2n) is 0.990. The third-order valence-corrected chi connectivity index (χ3v) is 0. The number of thiocarbonyl (C=S) groups is 1. The normalized spacial score (nSPS) is 6.14. The van der Waals surface area contributed by atoms with E-state index in [2.05, 4.69) is 19.1 Å². The maximum Gasteiger partial charge on any atom is 0.347 e. The first kappa shape index (κ1) is 11.2. The summed E-state index contributed by atoms with van der Waals surface area (Å²) in [6.45, 7) is 2.21. The van der Waals surface area contributed by atoms with E-state index in [9.17, 15) is 0 Å². The van der Waals surface area contributed by atoms with Crippen LogP contribution in [0.5, 0.6) is 0 Å². The molecule has 2 nitrogen and oxygen atoms in total. The van der Waals surface area contributed by atoms with E-state index < -0.39 is 5.24 Å². The number of hydrogen-bond acceptors (Lipinski definition) is 1. The van der Waals surface area contributed by atoms with E-state index in [1.807, 2.05) is 0 Å². The molecule has 0 atom stereocenters. The Balaban J connectivity index is 0. The van der Waals surface area contributed by atoms with Crippen LogP contribution < -0.4 is 0 Å². The van der Waals surface area contributed by atoms with Crippen molar-refractivity contribution in [1.82, 2.24) is 0 Å². The first-order valence-electron chi connectivity index (χ1n) is 2.07. The van der Waals surface area contributed by atoms with Gasteiger partial charge in [0.2, 0.25) is 0 Å². The van der Waals surface area contributed by atoms with Crippen LogP contribution in [0.15, 0.2) is 0 Å². The summed E-state index contributed by atoms with van der Waals surface area (Å²) in [5.74, 6) is 0. The molecule has 0 spiro atoms. The third-order valence-electron chi connectivity index (χ3n) is 0. The molecule has 0 heterocycles. The Morgan fingerprint density at radius 3 is 1.71 bits per heavy atom. The van der Waals surface area contributed by atoms with Crippen LogP contribution in [-0.4, -0.2) is 64.4 Å². The van der Waals surface area contributed by atoms with Crippen molar-refractivity contribution in [2.45, 2.75) is 7.44 Å². The molecule has 4 heteroatoms. The van der Waals surface area contributed by atoms with Crippen LogP contribution in [-0.2, 0) is 0 Å². The molecule has 0 aliphatic carbocycles. The van der Waals surface area contributed by atoms with Crippen molar-refractivity contribution in [3.63, 3.8) is 0 Å². The van der Waals surface area contributed by atoms with Gasteiger partial charge in [-0.05, 0) is 0 Å². The maximum absolute atomic E-state index is 7.34. The van der Waals surface area contributed by atoms with Gasteiger partial charge in [0.25, 0.3) is 0 Å². The molecular weight excluding hydrogens is 139 g/mol. The molecule has 38 valence electrons. The van der Waals surface area contributed by atoms with Crippen molar-refractivity contribution in [3.8, 4) is 0 Å². The molecule has 0 aliphatic rings. The summed E-state index contributed by atoms with van der Waals surface area (Å²) in [5.41, 5.74) is 0. The molecule has 0 aromatic rings. The maximum atomic E-state index is 7.34. The first-order chi connectivity index (χ1) is 3.15. The van der Waals surface area contributed by atoms with Crippen molar-refractivity contribution >= 4 is 66.4 Å². The van der Waals surface area contributed by atoms with Crippen molar-refractivity contribution in [2.24, 2.45) is 0 Å². The number of rotatable bonds is 0. The molecule has 0 fully saturated rings. The second kappa shape index (κ2) is 10.3. The summed E-state index contributed by atoms with van der Waals surface area (Å²) in [5, 5.41) is 13.7. The van der Waals surface area contributed by atoms with Crippen LogP contribution >= 0.6 is 12.2 Å². The SMILES string of the molecule is C[CH2][K].OC(O)=S. The topological polar surface area (TPSA) is 40.5 Å². The van der Waals surface area contributed by atoms with Gasteiger partial charge in [0.05, 0.1) is 0 Å². The van der Waals surface area contributed by atoms with Gasteiger partial charge >= 0.3 is 61.6 Å². The number of hydrogen-bond donors (Lipinski definition) is 2. The van der Waals surface area contributed by atoms with Crippen molar-refractivity contribution in [1.29, 1.82) is 0 Å². The summed E-state index contributed by atoms with van der Waals surface area (Å²) < 4.78 is 1.44. The Morgan fingerprint density at radius 2 is 1.71 bits per heavy atom. The molecule has 0 saturated carbocycles. The van der Waals surface area contributed by atoms with Gasteiger partial charge in [0.1, 0.15) is 0 Å². The minimum Gasteiger partial charge on any atom is -0.473 e. The minimum absolute atomic E-state index is 1.000. The smallest absolute Gasteiger partial charge is 0.347 e. The molecule has 0 saturated heterocycles. The summed E-state index contributed by atoms with van der Waals surface area (Å²) in [4.78, 5) is 0. The van der Waals surface area contributed by atoms with Crippen molar-refractivity contribution in [3.05, 3.63) is 0 Å². The summed E-state index contributed by atoms with van der Waals surface area (Å²) >= 11 is 4.75. The first-order valence-corrected chi connectivity index (χ1v) is 4.68. The average Bonchev–Trinajstić information content (AvgIpc) is 1.33. The van der Waals surface area contributed by atoms with Crippen molar-refractivity contribution in [2.75, 3.05) is 0 Å². The minimum atomic E-state index is -1.000. The summed E-state index contributed by atoms with van der Waals surface area (Å²) in [6, 6.07) is 0. The molecular formula is C3H7KO2S. The molecule has 0 aromatic heterocycles. The van der Waals surface area contributed by atoms with Gasteiger partial charge in [0, 0.05) is 12.2 Å². The Morgan fingerprint density at radius 1 is 1.71 bits per heavy atom. The molecule has 0 aliphatic heterocycles. The number of aliphatic hydroxyl groups excluding tert-OH is 1. The molecule has 0 rings (SSSR count). The van der Waals surface area contributed by atoms with Gasteiger partial charge in [-0.3, -0.25) is 0 Å². The van der Waals surface area contributed by atoms with E-state index in [4.69, 9.17) is 10.2 Å². The molecule has 7 heavy (non-hydrogen) atoms. The van der Waals surface area contributed by atoms with Crippen molar-refractivity contribution < 1.29 is 10.2 Å². The molecule has 0 bridgehead atoms. The van der Waals surface area contributed by atoms with Gasteiger partial charge in [-0.1, -0.05) is 0 Å². The van der Waals surface area contributed by atoms with Gasteiger partial charge in [-0.25, -0.2) is 0 Å². The fourth-order valence-electron chi connectivity index (χ4n) is 0. The molecule has 0 radical (unpaired) electrons.